The minimum atomic E-state index is -1.16. The van der Waals surface area contributed by atoms with Crippen molar-refractivity contribution in [3.8, 4) is 5.75 Å². The van der Waals surface area contributed by atoms with E-state index in [9.17, 15) is 10.2 Å². The molecule has 0 aromatic heterocycles. The maximum atomic E-state index is 11.4. The molecular formula is C16H25NO3. The first-order valence-corrected chi connectivity index (χ1v) is 7.12. The largest absolute Gasteiger partial charge is 0.497 e. The van der Waals surface area contributed by atoms with E-state index in [1.54, 1.807) is 7.11 Å². The Hall–Kier alpha value is -1.10. The highest BCUT2D eigenvalue weighted by molar-refractivity contribution is 5.35. The van der Waals surface area contributed by atoms with E-state index in [0.29, 0.717) is 12.2 Å². The van der Waals surface area contributed by atoms with Gasteiger partial charge in [-0.05, 0) is 36.0 Å². The first-order valence-electron chi connectivity index (χ1n) is 7.12. The van der Waals surface area contributed by atoms with Crippen LogP contribution in [0.5, 0.6) is 5.75 Å². The van der Waals surface area contributed by atoms with E-state index in [-0.39, 0.29) is 17.9 Å². The lowest BCUT2D eigenvalue weighted by atomic mass is 9.56. The quantitative estimate of drug-likeness (QED) is 0.786. The molecule has 0 amide bonds. The third kappa shape index (κ3) is 2.22. The van der Waals surface area contributed by atoms with Gasteiger partial charge in [0.15, 0.2) is 0 Å². The zero-order valence-corrected chi connectivity index (χ0v) is 12.5. The standard InChI is InChI=1S/C16H25NO3/c1-15(2)8-7-14(18)13(10-17)16(15,19)11-5-4-6-12(9-11)20-3/h4-6,9,13-14,18-19H,7-8,10,17H2,1-3H3/t13?,14-,16-/m0/s1. The van der Waals surface area contributed by atoms with Crippen LogP contribution >= 0.6 is 0 Å². The topological polar surface area (TPSA) is 75.7 Å². The van der Waals surface area contributed by atoms with E-state index in [4.69, 9.17) is 10.5 Å². The second-order valence-electron chi connectivity index (χ2n) is 6.33. The van der Waals surface area contributed by atoms with Gasteiger partial charge in [0, 0.05) is 12.5 Å². The molecule has 20 heavy (non-hydrogen) atoms. The van der Waals surface area contributed by atoms with Crippen LogP contribution in [-0.2, 0) is 5.60 Å². The Kier molecular flexibility index (Phi) is 4.09. The van der Waals surface area contributed by atoms with Gasteiger partial charge in [-0.15, -0.1) is 0 Å². The first-order chi connectivity index (χ1) is 9.36. The van der Waals surface area contributed by atoms with E-state index in [2.05, 4.69) is 0 Å². The van der Waals surface area contributed by atoms with Gasteiger partial charge >= 0.3 is 0 Å². The molecule has 0 aliphatic heterocycles. The highest BCUT2D eigenvalue weighted by Crippen LogP contribution is 2.53. The Morgan fingerprint density at radius 2 is 2.10 bits per heavy atom. The smallest absolute Gasteiger partial charge is 0.119 e. The molecule has 3 atom stereocenters. The Labute approximate surface area is 120 Å². The molecule has 0 spiro atoms. The van der Waals surface area contributed by atoms with Crippen molar-refractivity contribution in [2.75, 3.05) is 13.7 Å². The highest BCUT2D eigenvalue weighted by Gasteiger charge is 2.55. The molecule has 1 saturated carbocycles. The average Bonchev–Trinajstić information content (AvgIpc) is 2.44. The van der Waals surface area contributed by atoms with Crippen LogP contribution in [0.4, 0.5) is 0 Å². The number of nitrogens with two attached hydrogens (primary N) is 1. The van der Waals surface area contributed by atoms with Gasteiger partial charge in [-0.3, -0.25) is 0 Å². The van der Waals surface area contributed by atoms with Crippen molar-refractivity contribution >= 4 is 0 Å². The molecule has 0 bridgehead atoms. The van der Waals surface area contributed by atoms with Gasteiger partial charge in [-0.1, -0.05) is 26.0 Å². The van der Waals surface area contributed by atoms with Crippen LogP contribution in [0.15, 0.2) is 24.3 Å². The van der Waals surface area contributed by atoms with Crippen LogP contribution in [0.2, 0.25) is 0 Å². The van der Waals surface area contributed by atoms with Crippen molar-refractivity contribution < 1.29 is 14.9 Å². The summed E-state index contributed by atoms with van der Waals surface area (Å²) in [6.45, 7) is 4.31. The molecule has 0 radical (unpaired) electrons. The maximum Gasteiger partial charge on any atom is 0.119 e. The van der Waals surface area contributed by atoms with Gasteiger partial charge < -0.3 is 20.7 Å². The Balaban J connectivity index is 2.55. The molecule has 1 aromatic rings. The van der Waals surface area contributed by atoms with Crippen LogP contribution in [0.3, 0.4) is 0 Å². The van der Waals surface area contributed by atoms with Crippen LogP contribution in [-0.4, -0.2) is 30.0 Å². The lowest BCUT2D eigenvalue weighted by Crippen LogP contribution is -2.58. The molecule has 0 saturated heterocycles. The summed E-state index contributed by atoms with van der Waals surface area (Å²) in [6.07, 6.45) is 0.837. The van der Waals surface area contributed by atoms with Crippen LogP contribution in [0.1, 0.15) is 32.3 Å². The fourth-order valence-corrected chi connectivity index (χ4v) is 3.47. The molecule has 0 heterocycles. The molecule has 4 nitrogen and oxygen atoms in total. The molecule has 112 valence electrons. The summed E-state index contributed by atoms with van der Waals surface area (Å²) in [4.78, 5) is 0. The average molecular weight is 279 g/mol. The SMILES string of the molecule is COc1cccc([C@]2(O)C(CN)[C@@H](O)CCC2(C)C)c1. The number of aliphatic hydroxyl groups excluding tert-OH is 1. The van der Waals surface area contributed by atoms with Gasteiger partial charge in [0.1, 0.15) is 11.4 Å². The molecular weight excluding hydrogens is 254 g/mol. The fourth-order valence-electron chi connectivity index (χ4n) is 3.47. The van der Waals surface area contributed by atoms with Gasteiger partial charge in [0.05, 0.1) is 13.2 Å². The summed E-state index contributed by atoms with van der Waals surface area (Å²) < 4.78 is 5.25. The summed E-state index contributed by atoms with van der Waals surface area (Å²) in [7, 11) is 1.60. The second-order valence-corrected chi connectivity index (χ2v) is 6.33. The molecule has 1 unspecified atom stereocenters. The highest BCUT2D eigenvalue weighted by atomic mass is 16.5. The van der Waals surface area contributed by atoms with Gasteiger partial charge in [-0.2, -0.15) is 0 Å². The summed E-state index contributed by atoms with van der Waals surface area (Å²) in [5, 5.41) is 21.7. The normalized spacial score (nSPS) is 32.9. The van der Waals surface area contributed by atoms with Crippen molar-refractivity contribution in [3.05, 3.63) is 29.8 Å². The predicted molar refractivity (Wildman–Crippen MR) is 78.5 cm³/mol. The van der Waals surface area contributed by atoms with Crippen molar-refractivity contribution in [2.45, 2.75) is 38.4 Å². The number of hydrogen-bond acceptors (Lipinski definition) is 4. The van der Waals surface area contributed by atoms with Crippen molar-refractivity contribution in [1.82, 2.24) is 0 Å². The van der Waals surface area contributed by atoms with Crippen LogP contribution in [0, 0.1) is 11.3 Å². The van der Waals surface area contributed by atoms with E-state index < -0.39 is 11.7 Å². The molecule has 4 N–H and O–H groups in total. The number of methoxy groups -OCH3 is 1. The molecule has 4 heteroatoms. The monoisotopic (exact) mass is 279 g/mol. The van der Waals surface area contributed by atoms with Gasteiger partial charge in [0.2, 0.25) is 0 Å². The minimum Gasteiger partial charge on any atom is -0.497 e. The fraction of sp³-hybridized carbons (Fsp3) is 0.625. The Morgan fingerprint density at radius 1 is 1.40 bits per heavy atom. The van der Waals surface area contributed by atoms with Crippen LogP contribution < -0.4 is 10.5 Å². The van der Waals surface area contributed by atoms with Crippen molar-refractivity contribution in [1.29, 1.82) is 0 Å². The lowest BCUT2D eigenvalue weighted by molar-refractivity contribution is -0.180. The first kappa shape index (κ1) is 15.3. The van der Waals surface area contributed by atoms with Gasteiger partial charge in [-0.25, -0.2) is 0 Å². The number of ether oxygens (including phenoxy) is 1. The number of benzene rings is 1. The van der Waals surface area contributed by atoms with Crippen molar-refractivity contribution in [2.24, 2.45) is 17.1 Å². The predicted octanol–water partition coefficient (Wildman–Crippen LogP) is 1.64. The molecule has 1 aromatic carbocycles. The third-order valence-electron chi connectivity index (χ3n) is 4.86. The maximum absolute atomic E-state index is 11.4. The zero-order chi connectivity index (χ0) is 15.0. The molecule has 2 rings (SSSR count). The van der Waals surface area contributed by atoms with Crippen molar-refractivity contribution in [3.63, 3.8) is 0 Å². The van der Waals surface area contributed by atoms with E-state index >= 15 is 0 Å². The number of rotatable bonds is 3. The van der Waals surface area contributed by atoms with E-state index in [1.165, 1.54) is 0 Å². The summed E-state index contributed by atoms with van der Waals surface area (Å²) in [5.74, 6) is 0.320. The Morgan fingerprint density at radius 3 is 2.70 bits per heavy atom. The van der Waals surface area contributed by atoms with Gasteiger partial charge in [0.25, 0.3) is 0 Å². The minimum absolute atomic E-state index is 0.248. The molecule has 1 aliphatic rings. The number of hydrogen-bond donors (Lipinski definition) is 3. The summed E-state index contributed by atoms with van der Waals surface area (Å²) in [5.41, 5.74) is 5.09. The molecule has 1 fully saturated rings. The van der Waals surface area contributed by atoms with E-state index in [1.807, 2.05) is 38.1 Å². The summed E-state index contributed by atoms with van der Waals surface area (Å²) in [6, 6.07) is 7.42. The number of aliphatic hydroxyl groups is 2. The third-order valence-corrected chi connectivity index (χ3v) is 4.86. The summed E-state index contributed by atoms with van der Waals surface area (Å²) >= 11 is 0. The van der Waals surface area contributed by atoms with E-state index in [0.717, 1.165) is 12.0 Å². The molecule has 1 aliphatic carbocycles. The second kappa shape index (κ2) is 5.35. The zero-order valence-electron chi connectivity index (χ0n) is 12.5. The Bertz CT molecular complexity index is 475. The lowest BCUT2D eigenvalue weighted by Gasteiger charge is -2.53. The van der Waals surface area contributed by atoms with Crippen LogP contribution in [0.25, 0.3) is 0 Å².